The maximum atomic E-state index is 3.89. The Kier molecular flexibility index (Phi) is 2.39. The molecule has 0 radical (unpaired) electrons. The Hall–Kier alpha value is -0.430. The molecule has 0 atom stereocenters. The van der Waals surface area contributed by atoms with E-state index in [-0.39, 0.29) is 0 Å². The second-order valence-electron chi connectivity index (χ2n) is 2.61. The number of hydrogen-bond acceptors (Lipinski definition) is 1. The molecule has 1 heterocycles. The van der Waals surface area contributed by atoms with Crippen LogP contribution < -0.4 is 0 Å². The van der Waals surface area contributed by atoms with Crippen LogP contribution in [0.2, 0.25) is 0 Å². The van der Waals surface area contributed by atoms with Gasteiger partial charge in [0.1, 0.15) is 0 Å². The minimum Gasteiger partial charge on any atom is -0.121 e. The van der Waals surface area contributed by atoms with E-state index in [1.54, 1.807) is 0 Å². The molecule has 1 aliphatic heterocycles. The maximum Gasteiger partial charge on any atom is 0.0191 e. The molecular weight excluding hydrogens is 140 g/mol. The summed E-state index contributed by atoms with van der Waals surface area (Å²) in [5.41, 5.74) is 2.61. The fourth-order valence-electron chi connectivity index (χ4n) is 0.771. The Bertz CT molecular complexity index is 209. The molecular formula is C9H12S. The Balaban J connectivity index is 2.74. The molecule has 0 bridgehead atoms. The molecule has 0 unspecified atom stereocenters. The molecule has 0 aromatic carbocycles. The van der Waals surface area contributed by atoms with Crippen molar-refractivity contribution >= 4 is 11.8 Å². The van der Waals surface area contributed by atoms with Crippen LogP contribution >= 0.6 is 11.8 Å². The van der Waals surface area contributed by atoms with E-state index < -0.39 is 0 Å². The molecule has 54 valence electrons. The van der Waals surface area contributed by atoms with E-state index in [2.05, 4.69) is 25.7 Å². The zero-order chi connectivity index (χ0) is 7.56. The van der Waals surface area contributed by atoms with Gasteiger partial charge >= 0.3 is 0 Å². The molecule has 0 aliphatic carbocycles. The Morgan fingerprint density at radius 2 is 2.30 bits per heavy atom. The molecule has 1 heteroatoms. The second-order valence-corrected chi connectivity index (χ2v) is 3.63. The summed E-state index contributed by atoms with van der Waals surface area (Å²) in [5.74, 6) is 1.12. The van der Waals surface area contributed by atoms with Gasteiger partial charge in [0, 0.05) is 10.7 Å². The summed E-state index contributed by atoms with van der Waals surface area (Å²) >= 11 is 1.87. The molecule has 1 aliphatic rings. The highest BCUT2D eigenvalue weighted by atomic mass is 32.2. The highest BCUT2D eigenvalue weighted by molar-refractivity contribution is 8.03. The van der Waals surface area contributed by atoms with Crippen LogP contribution in [0.15, 0.2) is 34.8 Å². The smallest absolute Gasteiger partial charge is 0.0191 e. The van der Waals surface area contributed by atoms with E-state index in [0.29, 0.717) is 0 Å². The van der Waals surface area contributed by atoms with E-state index in [9.17, 15) is 0 Å². The Morgan fingerprint density at radius 3 is 2.70 bits per heavy atom. The van der Waals surface area contributed by atoms with E-state index >= 15 is 0 Å². The minimum absolute atomic E-state index is 1.12. The zero-order valence-corrected chi connectivity index (χ0v) is 7.29. The summed E-state index contributed by atoms with van der Waals surface area (Å²) in [6.07, 6.45) is 4.31. The third kappa shape index (κ3) is 1.77. The van der Waals surface area contributed by atoms with Gasteiger partial charge in [-0.15, -0.1) is 11.8 Å². The predicted octanol–water partition coefficient (Wildman–Crippen LogP) is 3.14. The van der Waals surface area contributed by atoms with Crippen molar-refractivity contribution in [3.63, 3.8) is 0 Å². The van der Waals surface area contributed by atoms with Crippen LogP contribution in [0, 0.1) is 0 Å². The van der Waals surface area contributed by atoms with Gasteiger partial charge in [0.2, 0.25) is 0 Å². The van der Waals surface area contributed by atoms with Gasteiger partial charge in [0.25, 0.3) is 0 Å². The molecule has 10 heavy (non-hydrogen) atoms. The predicted molar refractivity (Wildman–Crippen MR) is 49.1 cm³/mol. The van der Waals surface area contributed by atoms with Gasteiger partial charge in [0.05, 0.1) is 0 Å². The summed E-state index contributed by atoms with van der Waals surface area (Å²) in [6, 6.07) is 0. The molecule has 0 fully saturated rings. The van der Waals surface area contributed by atoms with Crippen molar-refractivity contribution in [1.29, 1.82) is 0 Å². The second kappa shape index (κ2) is 3.11. The van der Waals surface area contributed by atoms with Crippen LogP contribution in [-0.4, -0.2) is 5.75 Å². The molecule has 0 aromatic heterocycles. The van der Waals surface area contributed by atoms with Crippen LogP contribution in [0.25, 0.3) is 0 Å². The number of thioether (sulfide) groups is 1. The first-order chi connectivity index (χ1) is 4.70. The van der Waals surface area contributed by atoms with Crippen molar-refractivity contribution in [2.45, 2.75) is 13.8 Å². The lowest BCUT2D eigenvalue weighted by atomic mass is 10.2. The molecule has 1 rings (SSSR count). The maximum absolute atomic E-state index is 3.89. The van der Waals surface area contributed by atoms with Gasteiger partial charge in [-0.2, -0.15) is 0 Å². The normalized spacial score (nSPS) is 17.8. The molecule has 0 saturated heterocycles. The summed E-state index contributed by atoms with van der Waals surface area (Å²) in [4.78, 5) is 1.32. The van der Waals surface area contributed by atoms with E-state index in [1.165, 1.54) is 16.1 Å². The molecule has 0 N–H and O–H groups in total. The van der Waals surface area contributed by atoms with Crippen molar-refractivity contribution in [3.05, 3.63) is 34.8 Å². The summed E-state index contributed by atoms with van der Waals surface area (Å²) in [5, 5.41) is 0. The molecule has 0 amide bonds. The lowest BCUT2D eigenvalue weighted by Gasteiger charge is -2.10. The van der Waals surface area contributed by atoms with Crippen molar-refractivity contribution in [2.24, 2.45) is 0 Å². The standard InChI is InChI=1S/C9H12S/c1-7(2)9-5-4-8(3)6-10-9/h4-5H,1,6H2,2-3H3. The first-order valence-electron chi connectivity index (χ1n) is 3.36. The Morgan fingerprint density at radius 1 is 1.60 bits per heavy atom. The van der Waals surface area contributed by atoms with Crippen molar-refractivity contribution in [3.8, 4) is 0 Å². The average molecular weight is 152 g/mol. The topological polar surface area (TPSA) is 0 Å². The highest BCUT2D eigenvalue weighted by Crippen LogP contribution is 2.28. The van der Waals surface area contributed by atoms with Crippen LogP contribution in [0.5, 0.6) is 0 Å². The lowest BCUT2D eigenvalue weighted by Crippen LogP contribution is -1.89. The largest absolute Gasteiger partial charge is 0.121 e. The van der Waals surface area contributed by atoms with Gasteiger partial charge in [-0.1, -0.05) is 18.2 Å². The van der Waals surface area contributed by atoms with Crippen LogP contribution in [0.1, 0.15) is 13.8 Å². The average Bonchev–Trinajstić information content (AvgIpc) is 1.88. The zero-order valence-electron chi connectivity index (χ0n) is 6.48. The van der Waals surface area contributed by atoms with Crippen LogP contribution in [0.3, 0.4) is 0 Å². The molecule has 0 nitrogen and oxygen atoms in total. The molecule has 0 aromatic rings. The van der Waals surface area contributed by atoms with Gasteiger partial charge in [-0.05, 0) is 25.5 Å². The fourth-order valence-corrected chi connectivity index (χ4v) is 1.66. The van der Waals surface area contributed by atoms with Gasteiger partial charge in [0.15, 0.2) is 0 Å². The quantitative estimate of drug-likeness (QED) is 0.556. The van der Waals surface area contributed by atoms with Gasteiger partial charge < -0.3 is 0 Å². The van der Waals surface area contributed by atoms with Crippen LogP contribution in [0.4, 0.5) is 0 Å². The lowest BCUT2D eigenvalue weighted by molar-refractivity contribution is 1.38. The third-order valence-corrected chi connectivity index (χ3v) is 2.79. The third-order valence-electron chi connectivity index (χ3n) is 1.40. The van der Waals surface area contributed by atoms with Gasteiger partial charge in [-0.25, -0.2) is 0 Å². The van der Waals surface area contributed by atoms with Crippen molar-refractivity contribution in [1.82, 2.24) is 0 Å². The number of allylic oxidation sites excluding steroid dienone is 3. The highest BCUT2D eigenvalue weighted by Gasteiger charge is 2.02. The Labute approximate surface area is 66.7 Å². The monoisotopic (exact) mass is 152 g/mol. The SMILES string of the molecule is C=C(C)C1=CC=C(C)CS1. The molecule has 0 spiro atoms. The van der Waals surface area contributed by atoms with E-state index in [4.69, 9.17) is 0 Å². The first kappa shape index (κ1) is 7.67. The van der Waals surface area contributed by atoms with Crippen LogP contribution in [-0.2, 0) is 0 Å². The van der Waals surface area contributed by atoms with E-state index in [1.807, 2.05) is 18.7 Å². The van der Waals surface area contributed by atoms with Crippen molar-refractivity contribution in [2.75, 3.05) is 5.75 Å². The minimum atomic E-state index is 1.12. The fraction of sp³-hybridized carbons (Fsp3) is 0.333. The van der Waals surface area contributed by atoms with E-state index in [0.717, 1.165) is 5.75 Å². The summed E-state index contributed by atoms with van der Waals surface area (Å²) < 4.78 is 0. The van der Waals surface area contributed by atoms with Gasteiger partial charge in [-0.3, -0.25) is 0 Å². The number of hydrogen-bond donors (Lipinski definition) is 0. The van der Waals surface area contributed by atoms with Crippen molar-refractivity contribution < 1.29 is 0 Å². The first-order valence-corrected chi connectivity index (χ1v) is 4.35. The molecule has 0 saturated carbocycles. The summed E-state index contributed by atoms with van der Waals surface area (Å²) in [7, 11) is 0. The summed E-state index contributed by atoms with van der Waals surface area (Å²) in [6.45, 7) is 8.09. The number of rotatable bonds is 1.